The van der Waals surface area contributed by atoms with E-state index in [1.165, 1.54) is 18.2 Å². The third-order valence-corrected chi connectivity index (χ3v) is 7.89. The summed E-state index contributed by atoms with van der Waals surface area (Å²) in [4.78, 5) is 9.83. The molecule has 1 aromatic heterocycles. The van der Waals surface area contributed by atoms with Crippen molar-refractivity contribution in [2.24, 2.45) is 10.8 Å². The Kier molecular flexibility index (Phi) is 4.39. The molecule has 7 nitrogen and oxygen atoms in total. The molecule has 0 bridgehead atoms. The lowest BCUT2D eigenvalue weighted by Gasteiger charge is -2.61. The van der Waals surface area contributed by atoms with Gasteiger partial charge in [0, 0.05) is 50.5 Å². The van der Waals surface area contributed by atoms with E-state index < -0.39 is 21.8 Å². The Labute approximate surface area is 164 Å². The van der Waals surface area contributed by atoms with E-state index in [9.17, 15) is 17.2 Å². The molecule has 1 spiro atoms. The standard InChI is InChI=1S/C18H26F2N4O3S/c1-12-14(13(2)22-15(21-12)17(4,19)20)28(25,26)24-8-18(9-24)6-23(7-18)5-16(3)10-27-11-16/h5-11H2,1-4H3. The molecule has 3 aliphatic heterocycles. The lowest BCUT2D eigenvalue weighted by Crippen LogP contribution is -2.74. The second-order valence-corrected chi connectivity index (χ2v) is 11.0. The zero-order valence-electron chi connectivity index (χ0n) is 16.6. The van der Waals surface area contributed by atoms with Crippen molar-refractivity contribution >= 4 is 10.0 Å². The third-order valence-electron chi connectivity index (χ3n) is 5.84. The monoisotopic (exact) mass is 416 g/mol. The molecule has 1 aromatic rings. The molecule has 0 N–H and O–H groups in total. The van der Waals surface area contributed by atoms with Crippen LogP contribution < -0.4 is 0 Å². The fourth-order valence-electron chi connectivity index (χ4n) is 4.57. The van der Waals surface area contributed by atoms with Gasteiger partial charge in [-0.25, -0.2) is 18.4 Å². The van der Waals surface area contributed by atoms with Crippen molar-refractivity contribution in [1.82, 2.24) is 19.2 Å². The van der Waals surface area contributed by atoms with Gasteiger partial charge in [0.05, 0.1) is 24.6 Å². The summed E-state index contributed by atoms with van der Waals surface area (Å²) in [5.74, 6) is -3.86. The number of sulfonamides is 1. The van der Waals surface area contributed by atoms with Crippen molar-refractivity contribution in [1.29, 1.82) is 0 Å². The molecule has 0 radical (unpaired) electrons. The summed E-state index contributed by atoms with van der Waals surface area (Å²) < 4.78 is 59.8. The fraction of sp³-hybridized carbons (Fsp3) is 0.778. The number of rotatable bonds is 5. The minimum absolute atomic E-state index is 0.00704. The van der Waals surface area contributed by atoms with Gasteiger partial charge in [0.2, 0.25) is 10.0 Å². The number of alkyl halides is 2. The van der Waals surface area contributed by atoms with Crippen LogP contribution in [0.15, 0.2) is 4.90 Å². The van der Waals surface area contributed by atoms with Gasteiger partial charge >= 0.3 is 5.92 Å². The van der Waals surface area contributed by atoms with Crippen LogP contribution in [0.25, 0.3) is 0 Å². The number of likely N-dealkylation sites (tertiary alicyclic amines) is 1. The highest BCUT2D eigenvalue weighted by Crippen LogP contribution is 2.44. The first-order valence-electron chi connectivity index (χ1n) is 9.38. The molecule has 4 rings (SSSR count). The largest absolute Gasteiger partial charge is 0.380 e. The Balaban J connectivity index is 1.44. The van der Waals surface area contributed by atoms with Crippen molar-refractivity contribution in [3.8, 4) is 0 Å². The lowest BCUT2D eigenvalue weighted by atomic mass is 9.73. The van der Waals surface area contributed by atoms with E-state index in [1.54, 1.807) is 0 Å². The van der Waals surface area contributed by atoms with Crippen molar-refractivity contribution in [2.75, 3.05) is 45.9 Å². The summed E-state index contributed by atoms with van der Waals surface area (Å²) in [5, 5.41) is 0. The number of aromatic nitrogens is 2. The molecule has 3 fully saturated rings. The van der Waals surface area contributed by atoms with Gasteiger partial charge in [-0.3, -0.25) is 0 Å². The van der Waals surface area contributed by atoms with Crippen molar-refractivity contribution < 1.29 is 21.9 Å². The molecule has 28 heavy (non-hydrogen) atoms. The predicted octanol–water partition coefficient (Wildman–Crippen LogP) is 1.55. The van der Waals surface area contributed by atoms with Crippen molar-refractivity contribution in [3.05, 3.63) is 17.2 Å². The van der Waals surface area contributed by atoms with Crippen LogP contribution in [0.2, 0.25) is 0 Å². The van der Waals surface area contributed by atoms with E-state index in [2.05, 4.69) is 21.8 Å². The molecule has 10 heteroatoms. The highest BCUT2D eigenvalue weighted by molar-refractivity contribution is 7.89. The van der Waals surface area contributed by atoms with Crippen LogP contribution in [0.3, 0.4) is 0 Å². The topological polar surface area (TPSA) is 75.6 Å². The second-order valence-electron chi connectivity index (χ2n) is 9.16. The molecule has 4 heterocycles. The summed E-state index contributed by atoms with van der Waals surface area (Å²) >= 11 is 0. The van der Waals surface area contributed by atoms with E-state index in [1.807, 2.05) is 0 Å². The Morgan fingerprint density at radius 2 is 1.64 bits per heavy atom. The first-order chi connectivity index (χ1) is 12.8. The summed E-state index contributed by atoms with van der Waals surface area (Å²) in [7, 11) is -3.79. The first kappa shape index (κ1) is 20.1. The molecule has 0 unspecified atom stereocenters. The Bertz CT molecular complexity index is 875. The molecule has 0 aliphatic carbocycles. The molecular weight excluding hydrogens is 390 g/mol. The van der Waals surface area contributed by atoms with Crippen LogP contribution in [0.1, 0.15) is 31.1 Å². The van der Waals surface area contributed by atoms with Crippen LogP contribution in [0.5, 0.6) is 0 Å². The zero-order chi connectivity index (χ0) is 20.5. The molecule has 0 amide bonds. The maximum absolute atomic E-state index is 13.5. The summed E-state index contributed by atoms with van der Waals surface area (Å²) in [6.45, 7) is 11.0. The highest BCUT2D eigenvalue weighted by atomic mass is 32.2. The number of hydrogen-bond donors (Lipinski definition) is 0. The van der Waals surface area contributed by atoms with E-state index in [-0.39, 0.29) is 27.1 Å². The van der Waals surface area contributed by atoms with Gasteiger partial charge < -0.3 is 9.64 Å². The number of halogens is 2. The lowest BCUT2D eigenvalue weighted by molar-refractivity contribution is -0.153. The quantitative estimate of drug-likeness (QED) is 0.725. The maximum atomic E-state index is 13.5. The summed E-state index contributed by atoms with van der Waals surface area (Å²) in [6, 6.07) is 0. The van der Waals surface area contributed by atoms with E-state index in [0.29, 0.717) is 20.0 Å². The highest BCUT2D eigenvalue weighted by Gasteiger charge is 2.56. The van der Waals surface area contributed by atoms with Crippen molar-refractivity contribution in [2.45, 2.75) is 38.5 Å². The van der Waals surface area contributed by atoms with Gasteiger partial charge in [-0.05, 0) is 13.8 Å². The third kappa shape index (κ3) is 3.24. The van der Waals surface area contributed by atoms with Gasteiger partial charge in [0.1, 0.15) is 4.90 Å². The molecule has 3 aliphatic rings. The predicted molar refractivity (Wildman–Crippen MR) is 97.6 cm³/mol. The SMILES string of the molecule is Cc1nc(C(C)(F)F)nc(C)c1S(=O)(=O)N1CC2(CN(CC3(C)COC3)C2)C1. The number of aryl methyl sites for hydroxylation is 2. The molecule has 0 saturated carbocycles. The Hall–Kier alpha value is -1.23. The van der Waals surface area contributed by atoms with Crippen LogP contribution in [-0.4, -0.2) is 73.5 Å². The maximum Gasteiger partial charge on any atom is 0.303 e. The molecule has 0 atom stereocenters. The van der Waals surface area contributed by atoms with Crippen LogP contribution in [0, 0.1) is 24.7 Å². The van der Waals surface area contributed by atoms with E-state index in [4.69, 9.17) is 4.74 Å². The smallest absolute Gasteiger partial charge is 0.303 e. The number of ether oxygens (including phenoxy) is 1. The van der Waals surface area contributed by atoms with Gasteiger partial charge in [-0.15, -0.1) is 0 Å². The average molecular weight is 416 g/mol. The minimum Gasteiger partial charge on any atom is -0.380 e. The fourth-order valence-corrected chi connectivity index (χ4v) is 6.56. The summed E-state index contributed by atoms with van der Waals surface area (Å²) in [6.07, 6.45) is 0. The van der Waals surface area contributed by atoms with Crippen LogP contribution >= 0.6 is 0 Å². The van der Waals surface area contributed by atoms with Gasteiger partial charge in [0.25, 0.3) is 0 Å². The molecule has 3 saturated heterocycles. The average Bonchev–Trinajstić information content (AvgIpc) is 2.44. The second kappa shape index (κ2) is 6.13. The van der Waals surface area contributed by atoms with E-state index >= 15 is 0 Å². The minimum atomic E-state index is -3.79. The van der Waals surface area contributed by atoms with Gasteiger partial charge in [0.15, 0.2) is 5.82 Å². The normalized spacial score (nSPS) is 24.5. The van der Waals surface area contributed by atoms with Gasteiger partial charge in [-0.2, -0.15) is 13.1 Å². The first-order valence-corrected chi connectivity index (χ1v) is 10.8. The number of hydrogen-bond acceptors (Lipinski definition) is 6. The number of nitrogens with zero attached hydrogens (tertiary/aromatic N) is 4. The molecule has 156 valence electrons. The Morgan fingerprint density at radius 3 is 2.07 bits per heavy atom. The van der Waals surface area contributed by atoms with Crippen LogP contribution in [0.4, 0.5) is 8.78 Å². The molecular formula is C18H26F2N4O3S. The molecule has 0 aromatic carbocycles. The van der Waals surface area contributed by atoms with Crippen LogP contribution in [-0.2, 0) is 20.7 Å². The van der Waals surface area contributed by atoms with E-state index in [0.717, 1.165) is 32.8 Å². The summed E-state index contributed by atoms with van der Waals surface area (Å²) in [5.41, 5.74) is 0.356. The zero-order valence-corrected chi connectivity index (χ0v) is 17.4. The van der Waals surface area contributed by atoms with Crippen molar-refractivity contribution in [3.63, 3.8) is 0 Å². The Morgan fingerprint density at radius 1 is 1.11 bits per heavy atom. The van der Waals surface area contributed by atoms with Gasteiger partial charge in [-0.1, -0.05) is 6.92 Å².